The van der Waals surface area contributed by atoms with E-state index in [1.54, 1.807) is 45.0 Å². The van der Waals surface area contributed by atoms with Gasteiger partial charge in [0.05, 0.1) is 45.7 Å². The van der Waals surface area contributed by atoms with Gasteiger partial charge in [-0.05, 0) is 73.2 Å². The van der Waals surface area contributed by atoms with E-state index in [0.29, 0.717) is 30.9 Å². The second kappa shape index (κ2) is 12.8. The molecule has 13 heteroatoms. The molecule has 2 aromatic carbocycles. The van der Waals surface area contributed by atoms with Gasteiger partial charge in [0.2, 0.25) is 0 Å². The molecule has 11 nitrogen and oxygen atoms in total. The number of allylic oxidation sites excluding steroid dienone is 1. The van der Waals surface area contributed by atoms with E-state index in [2.05, 4.69) is 9.73 Å². The zero-order valence-corrected chi connectivity index (χ0v) is 25.6. The Morgan fingerprint density at radius 3 is 2.54 bits per heavy atom. The molecule has 1 atom stereocenters. The number of fused-ring (bicyclic) bond motifs is 1. The molecule has 0 spiro atoms. The van der Waals surface area contributed by atoms with Crippen molar-refractivity contribution >= 4 is 51.9 Å². The van der Waals surface area contributed by atoms with Crippen LogP contribution in [-0.2, 0) is 19.1 Å². The summed E-state index contributed by atoms with van der Waals surface area (Å²) in [7, 11) is 1.25. The Kier molecular flexibility index (Phi) is 9.38. The van der Waals surface area contributed by atoms with Gasteiger partial charge < -0.3 is 29.2 Å². The molecule has 0 unspecified atom stereocenters. The minimum absolute atomic E-state index is 0.0828. The first-order chi connectivity index (χ1) is 19.6. The zero-order valence-electron chi connectivity index (χ0n) is 22.6. The number of hydrogen-bond donors (Lipinski definition) is 2. The Morgan fingerprint density at radius 1 is 1.10 bits per heavy atom. The highest BCUT2D eigenvalue weighted by molar-refractivity contribution is 14.1. The molecule has 0 bridgehead atoms. The SMILES string of the molecule is CCOC(=O)C1=C(C)N=c2s/c(=C\c3cc(I)c(O)cc3O)c(=O)n2[C@@H]1c1ccc(OCC(=O)OC)c(OCC)c1. The molecule has 0 saturated carbocycles. The molecule has 3 aromatic rings. The van der Waals surface area contributed by atoms with Gasteiger partial charge in [-0.15, -0.1) is 0 Å². The summed E-state index contributed by atoms with van der Waals surface area (Å²) >= 11 is 3.02. The van der Waals surface area contributed by atoms with Gasteiger partial charge in [-0.3, -0.25) is 9.36 Å². The summed E-state index contributed by atoms with van der Waals surface area (Å²) in [6, 6.07) is 6.74. The lowest BCUT2D eigenvalue weighted by atomic mass is 9.95. The highest BCUT2D eigenvalue weighted by atomic mass is 127. The molecule has 1 aliphatic heterocycles. The van der Waals surface area contributed by atoms with Crippen LogP contribution in [0.5, 0.6) is 23.0 Å². The second-order valence-electron chi connectivity index (χ2n) is 8.67. The number of aromatic hydroxyl groups is 2. The predicted molar refractivity (Wildman–Crippen MR) is 158 cm³/mol. The number of carbonyl (C=O) groups is 2. The maximum atomic E-state index is 13.9. The molecule has 0 fully saturated rings. The number of halogens is 1. The van der Waals surface area contributed by atoms with E-state index in [1.165, 1.54) is 23.8 Å². The number of hydrogen-bond acceptors (Lipinski definition) is 11. The van der Waals surface area contributed by atoms with Crippen LogP contribution >= 0.6 is 33.9 Å². The fourth-order valence-electron chi connectivity index (χ4n) is 4.21. The lowest BCUT2D eigenvalue weighted by Crippen LogP contribution is -2.40. The molecule has 0 aliphatic carbocycles. The molecule has 2 heterocycles. The van der Waals surface area contributed by atoms with Gasteiger partial charge in [0.25, 0.3) is 5.56 Å². The minimum Gasteiger partial charge on any atom is -0.507 e. The topological polar surface area (TPSA) is 146 Å². The fraction of sp³-hybridized carbons (Fsp3) is 0.286. The van der Waals surface area contributed by atoms with Crippen molar-refractivity contribution in [2.24, 2.45) is 4.99 Å². The van der Waals surface area contributed by atoms with E-state index in [9.17, 15) is 24.6 Å². The Labute approximate surface area is 252 Å². The van der Waals surface area contributed by atoms with E-state index in [4.69, 9.17) is 14.2 Å². The Bertz CT molecular complexity index is 1730. The average Bonchev–Trinajstić information content (AvgIpc) is 3.24. The molecular weight excluding hydrogens is 667 g/mol. The number of rotatable bonds is 9. The van der Waals surface area contributed by atoms with Crippen LogP contribution in [-0.4, -0.2) is 53.6 Å². The van der Waals surface area contributed by atoms with E-state index in [1.807, 2.05) is 22.6 Å². The van der Waals surface area contributed by atoms with Crippen molar-refractivity contribution in [2.75, 3.05) is 26.9 Å². The number of methoxy groups -OCH3 is 1. The van der Waals surface area contributed by atoms with Gasteiger partial charge in [-0.25, -0.2) is 14.6 Å². The number of thiazole rings is 1. The number of aromatic nitrogens is 1. The molecule has 4 rings (SSSR count). The fourth-order valence-corrected chi connectivity index (χ4v) is 5.74. The van der Waals surface area contributed by atoms with Crippen LogP contribution in [0.4, 0.5) is 0 Å². The van der Waals surface area contributed by atoms with Crippen molar-refractivity contribution in [2.45, 2.75) is 26.8 Å². The quantitative estimate of drug-likeness (QED) is 0.255. The maximum Gasteiger partial charge on any atom is 0.343 e. The lowest BCUT2D eigenvalue weighted by Gasteiger charge is -2.25. The maximum absolute atomic E-state index is 13.9. The number of benzene rings is 2. The number of phenols is 2. The molecular formula is C28H27IN2O9S. The molecule has 0 saturated heterocycles. The summed E-state index contributed by atoms with van der Waals surface area (Å²) in [4.78, 5) is 43.6. The molecule has 1 aliphatic rings. The van der Waals surface area contributed by atoms with Crippen molar-refractivity contribution in [3.8, 4) is 23.0 Å². The first-order valence-corrected chi connectivity index (χ1v) is 14.4. The second-order valence-corrected chi connectivity index (χ2v) is 10.8. The van der Waals surface area contributed by atoms with Crippen LogP contribution in [0.1, 0.15) is 37.9 Å². The highest BCUT2D eigenvalue weighted by Crippen LogP contribution is 2.36. The van der Waals surface area contributed by atoms with Crippen LogP contribution in [0.3, 0.4) is 0 Å². The third-order valence-corrected chi connectivity index (χ3v) is 7.90. The number of phenolic OH excluding ortho intramolecular Hbond substituents is 2. The summed E-state index contributed by atoms with van der Waals surface area (Å²) in [5.74, 6) is -0.885. The highest BCUT2D eigenvalue weighted by Gasteiger charge is 2.34. The standard InChI is InChI=1S/C28H27IN2O9S/c1-5-38-21-10-15(7-8-20(21)40-13-23(34)37-4)25-24(27(36)39-6-2)14(3)30-28-31(25)26(35)22(41-28)11-16-9-17(29)19(33)12-18(16)32/h7-12,25,32-33H,5-6,13H2,1-4H3/b22-11-/t25-/m1/s1. The van der Waals surface area contributed by atoms with Gasteiger partial charge in [-0.2, -0.15) is 0 Å². The van der Waals surface area contributed by atoms with Gasteiger partial charge in [0, 0.05) is 11.6 Å². The van der Waals surface area contributed by atoms with Crippen molar-refractivity contribution in [1.29, 1.82) is 0 Å². The molecule has 1 aromatic heterocycles. The smallest absolute Gasteiger partial charge is 0.343 e. The van der Waals surface area contributed by atoms with Crippen LogP contribution in [0, 0.1) is 3.57 Å². The molecule has 2 N–H and O–H groups in total. The van der Waals surface area contributed by atoms with E-state index >= 15 is 0 Å². The Balaban J connectivity index is 1.92. The van der Waals surface area contributed by atoms with Crippen molar-refractivity contribution in [3.63, 3.8) is 0 Å². The number of ether oxygens (including phenoxy) is 4. The van der Waals surface area contributed by atoms with Gasteiger partial charge in [0.15, 0.2) is 22.9 Å². The monoisotopic (exact) mass is 694 g/mol. The predicted octanol–water partition coefficient (Wildman–Crippen LogP) is 2.76. The lowest BCUT2D eigenvalue weighted by molar-refractivity contribution is -0.143. The van der Waals surface area contributed by atoms with E-state index in [-0.39, 0.29) is 47.2 Å². The van der Waals surface area contributed by atoms with Crippen molar-refractivity contribution < 1.29 is 38.7 Å². The van der Waals surface area contributed by atoms with Crippen molar-refractivity contribution in [3.05, 3.63) is 76.0 Å². The average molecular weight is 694 g/mol. The third kappa shape index (κ3) is 6.25. The van der Waals surface area contributed by atoms with Gasteiger partial charge >= 0.3 is 11.9 Å². The van der Waals surface area contributed by atoms with Crippen LogP contribution in [0.25, 0.3) is 6.08 Å². The minimum atomic E-state index is -0.921. The summed E-state index contributed by atoms with van der Waals surface area (Å²) in [5.41, 5.74) is 0.970. The summed E-state index contributed by atoms with van der Waals surface area (Å²) in [5, 5.41) is 20.3. The first-order valence-electron chi connectivity index (χ1n) is 12.5. The summed E-state index contributed by atoms with van der Waals surface area (Å²) < 4.78 is 23.5. The van der Waals surface area contributed by atoms with Crippen molar-refractivity contribution in [1.82, 2.24) is 4.57 Å². The number of esters is 2. The molecule has 0 amide bonds. The Morgan fingerprint density at radius 2 is 1.85 bits per heavy atom. The summed E-state index contributed by atoms with van der Waals surface area (Å²) in [6.45, 7) is 5.22. The van der Waals surface area contributed by atoms with Crippen LogP contribution in [0.2, 0.25) is 0 Å². The molecule has 216 valence electrons. The third-order valence-electron chi connectivity index (χ3n) is 6.06. The van der Waals surface area contributed by atoms with Gasteiger partial charge in [-0.1, -0.05) is 17.4 Å². The van der Waals surface area contributed by atoms with Gasteiger partial charge in [0.1, 0.15) is 11.5 Å². The molecule has 41 heavy (non-hydrogen) atoms. The summed E-state index contributed by atoms with van der Waals surface area (Å²) in [6.07, 6.45) is 1.51. The Hall–Kier alpha value is -3.85. The zero-order chi connectivity index (χ0) is 29.8. The molecule has 0 radical (unpaired) electrons. The first kappa shape index (κ1) is 30.1. The van der Waals surface area contributed by atoms with Crippen LogP contribution < -0.4 is 24.4 Å². The number of carbonyl (C=O) groups excluding carboxylic acids is 2. The normalized spacial score (nSPS) is 14.8. The number of nitrogens with zero attached hydrogens (tertiary/aromatic N) is 2. The van der Waals surface area contributed by atoms with E-state index < -0.39 is 23.5 Å². The largest absolute Gasteiger partial charge is 0.507 e. The van der Waals surface area contributed by atoms with Crippen LogP contribution in [0.15, 0.2) is 51.4 Å². The van der Waals surface area contributed by atoms with E-state index in [0.717, 1.165) is 11.3 Å².